The van der Waals surface area contributed by atoms with Gasteiger partial charge in [0.1, 0.15) is 6.10 Å². The molecule has 1 saturated carbocycles. The highest BCUT2D eigenvalue weighted by molar-refractivity contribution is 5.89. The molecule has 2 aliphatic rings. The number of carbonyl (C=O) groups excluding carboxylic acids is 1. The van der Waals surface area contributed by atoms with Crippen molar-refractivity contribution < 1.29 is 14.5 Å². The number of nitro groups is 1. The summed E-state index contributed by atoms with van der Waals surface area (Å²) in [5, 5.41) is 10.7. The van der Waals surface area contributed by atoms with Crippen molar-refractivity contribution in [3.8, 4) is 0 Å². The summed E-state index contributed by atoms with van der Waals surface area (Å²) in [4.78, 5) is 25.2. The molecule has 6 heteroatoms. The van der Waals surface area contributed by atoms with Gasteiger partial charge in [-0.3, -0.25) is 15.0 Å². The highest BCUT2D eigenvalue weighted by atomic mass is 16.6. The first-order valence-electron chi connectivity index (χ1n) is 9.31. The van der Waals surface area contributed by atoms with E-state index in [1.54, 1.807) is 0 Å². The molecule has 1 aliphatic carbocycles. The van der Waals surface area contributed by atoms with Crippen LogP contribution in [0.25, 0.3) is 0 Å². The molecular formula is C19H26N2O4. The van der Waals surface area contributed by atoms with Crippen LogP contribution in [0.5, 0.6) is 0 Å². The fourth-order valence-corrected chi connectivity index (χ4v) is 3.93. The van der Waals surface area contributed by atoms with Gasteiger partial charge in [-0.05, 0) is 56.8 Å². The van der Waals surface area contributed by atoms with Crippen LogP contribution in [0.3, 0.4) is 0 Å². The van der Waals surface area contributed by atoms with Gasteiger partial charge in [0, 0.05) is 18.7 Å². The molecule has 1 aliphatic heterocycles. The zero-order chi connectivity index (χ0) is 17.6. The maximum Gasteiger partial charge on any atom is 0.338 e. The summed E-state index contributed by atoms with van der Waals surface area (Å²) in [6.07, 6.45) is 8.26. The summed E-state index contributed by atoms with van der Waals surface area (Å²) in [5.74, 6) is 0.0565. The van der Waals surface area contributed by atoms with Gasteiger partial charge in [0.25, 0.3) is 5.69 Å². The molecule has 1 unspecified atom stereocenters. The SMILES string of the molecule is O=C(OC(CN1CCCC1)C1CCCCC1)c1ccc([N+](=O)[O-])cc1. The van der Waals surface area contributed by atoms with Gasteiger partial charge in [0.2, 0.25) is 0 Å². The van der Waals surface area contributed by atoms with E-state index in [0.29, 0.717) is 11.5 Å². The third-order valence-electron chi connectivity index (χ3n) is 5.38. The predicted octanol–water partition coefficient (Wildman–Crippen LogP) is 3.80. The van der Waals surface area contributed by atoms with Crippen molar-refractivity contribution in [3.05, 3.63) is 39.9 Å². The Hall–Kier alpha value is -1.95. The number of likely N-dealkylation sites (tertiary alicyclic amines) is 1. The minimum Gasteiger partial charge on any atom is -0.457 e. The number of ether oxygens (including phenoxy) is 1. The number of benzene rings is 1. The van der Waals surface area contributed by atoms with E-state index >= 15 is 0 Å². The van der Waals surface area contributed by atoms with Crippen molar-refractivity contribution in [3.63, 3.8) is 0 Å². The van der Waals surface area contributed by atoms with Crippen LogP contribution >= 0.6 is 0 Å². The quantitative estimate of drug-likeness (QED) is 0.445. The molecule has 1 aromatic rings. The first-order valence-corrected chi connectivity index (χ1v) is 9.31. The van der Waals surface area contributed by atoms with Gasteiger partial charge in [-0.2, -0.15) is 0 Å². The standard InChI is InChI=1S/C19H26N2O4/c22-19(16-8-10-17(11-9-16)21(23)24)25-18(14-20-12-4-5-13-20)15-6-2-1-3-7-15/h8-11,15,18H,1-7,12-14H2. The Morgan fingerprint density at radius 3 is 2.36 bits per heavy atom. The Morgan fingerprint density at radius 1 is 1.12 bits per heavy atom. The van der Waals surface area contributed by atoms with Crippen molar-refractivity contribution in [1.29, 1.82) is 0 Å². The average molecular weight is 346 g/mol. The van der Waals surface area contributed by atoms with Gasteiger partial charge in [0.05, 0.1) is 10.5 Å². The maximum atomic E-state index is 12.5. The van der Waals surface area contributed by atoms with Crippen LogP contribution in [0.1, 0.15) is 55.3 Å². The largest absolute Gasteiger partial charge is 0.457 e. The number of carbonyl (C=O) groups is 1. The highest BCUT2D eigenvalue weighted by Gasteiger charge is 2.30. The molecule has 2 fully saturated rings. The van der Waals surface area contributed by atoms with E-state index in [2.05, 4.69) is 4.90 Å². The predicted molar refractivity (Wildman–Crippen MR) is 94.5 cm³/mol. The summed E-state index contributed by atoms with van der Waals surface area (Å²) >= 11 is 0. The molecule has 3 rings (SSSR count). The number of hydrogen-bond donors (Lipinski definition) is 0. The number of hydrogen-bond acceptors (Lipinski definition) is 5. The van der Waals surface area contributed by atoms with Gasteiger partial charge in [-0.25, -0.2) is 4.79 Å². The molecule has 1 heterocycles. The van der Waals surface area contributed by atoms with Crippen LogP contribution in [-0.4, -0.2) is 41.5 Å². The van der Waals surface area contributed by atoms with Gasteiger partial charge in [0.15, 0.2) is 0 Å². The first-order chi connectivity index (χ1) is 12.1. The molecule has 0 spiro atoms. The molecule has 0 bridgehead atoms. The summed E-state index contributed by atoms with van der Waals surface area (Å²) in [5.41, 5.74) is 0.366. The minimum atomic E-state index is -0.465. The number of esters is 1. The number of nitrogens with zero attached hydrogens (tertiary/aromatic N) is 2. The molecule has 1 saturated heterocycles. The summed E-state index contributed by atoms with van der Waals surface area (Å²) in [6, 6.07) is 5.67. The normalized spacial score (nSPS) is 20.3. The fourth-order valence-electron chi connectivity index (χ4n) is 3.93. The van der Waals surface area contributed by atoms with E-state index in [1.165, 1.54) is 56.4 Å². The average Bonchev–Trinajstić information content (AvgIpc) is 3.15. The molecule has 1 atom stereocenters. The molecule has 136 valence electrons. The lowest BCUT2D eigenvalue weighted by Gasteiger charge is -2.32. The molecular weight excluding hydrogens is 320 g/mol. The van der Waals surface area contributed by atoms with Crippen molar-refractivity contribution in [2.45, 2.75) is 51.0 Å². The molecule has 25 heavy (non-hydrogen) atoms. The Bertz CT molecular complexity index is 590. The Kier molecular flexibility index (Phi) is 6.02. The van der Waals surface area contributed by atoms with Crippen LogP contribution in [0, 0.1) is 16.0 Å². The van der Waals surface area contributed by atoms with E-state index < -0.39 is 4.92 Å². The second-order valence-corrected chi connectivity index (χ2v) is 7.15. The number of non-ortho nitro benzene ring substituents is 1. The highest BCUT2D eigenvalue weighted by Crippen LogP contribution is 2.29. The molecule has 0 N–H and O–H groups in total. The molecule has 0 radical (unpaired) electrons. The van der Waals surface area contributed by atoms with Gasteiger partial charge in [-0.1, -0.05) is 19.3 Å². The van der Waals surface area contributed by atoms with E-state index in [-0.39, 0.29) is 17.8 Å². The summed E-state index contributed by atoms with van der Waals surface area (Å²) in [6.45, 7) is 2.97. The van der Waals surface area contributed by atoms with Gasteiger partial charge < -0.3 is 4.74 Å². The lowest BCUT2D eigenvalue weighted by molar-refractivity contribution is -0.384. The van der Waals surface area contributed by atoms with E-state index in [9.17, 15) is 14.9 Å². The maximum absolute atomic E-state index is 12.5. The van der Waals surface area contributed by atoms with E-state index in [1.807, 2.05) is 0 Å². The number of rotatable bonds is 6. The molecule has 1 aromatic carbocycles. The summed E-state index contributed by atoms with van der Waals surface area (Å²) < 4.78 is 5.89. The van der Waals surface area contributed by atoms with Crippen LogP contribution in [0.15, 0.2) is 24.3 Å². The Balaban J connectivity index is 1.66. The van der Waals surface area contributed by atoms with Crippen molar-refractivity contribution in [1.82, 2.24) is 4.90 Å². The zero-order valence-electron chi connectivity index (χ0n) is 14.6. The van der Waals surface area contributed by atoms with Crippen LogP contribution in [-0.2, 0) is 4.74 Å². The third-order valence-corrected chi connectivity index (χ3v) is 5.38. The first kappa shape index (κ1) is 17.9. The minimum absolute atomic E-state index is 0.0163. The van der Waals surface area contributed by atoms with Crippen molar-refractivity contribution >= 4 is 11.7 Å². The van der Waals surface area contributed by atoms with E-state index in [0.717, 1.165) is 32.5 Å². The fraction of sp³-hybridized carbons (Fsp3) is 0.632. The lowest BCUT2D eigenvalue weighted by atomic mass is 9.85. The number of nitro benzene ring substituents is 1. The van der Waals surface area contributed by atoms with Crippen molar-refractivity contribution in [2.24, 2.45) is 5.92 Å². The van der Waals surface area contributed by atoms with Crippen LogP contribution in [0.2, 0.25) is 0 Å². The second kappa shape index (κ2) is 8.43. The van der Waals surface area contributed by atoms with E-state index in [4.69, 9.17) is 4.74 Å². The smallest absolute Gasteiger partial charge is 0.338 e. The van der Waals surface area contributed by atoms with Gasteiger partial charge >= 0.3 is 5.97 Å². The second-order valence-electron chi connectivity index (χ2n) is 7.15. The monoisotopic (exact) mass is 346 g/mol. The van der Waals surface area contributed by atoms with Crippen molar-refractivity contribution in [2.75, 3.05) is 19.6 Å². The molecule has 0 amide bonds. The zero-order valence-corrected chi connectivity index (χ0v) is 14.6. The topological polar surface area (TPSA) is 72.7 Å². The van der Waals surface area contributed by atoms with Crippen LogP contribution < -0.4 is 0 Å². The molecule has 0 aromatic heterocycles. The third kappa shape index (κ3) is 4.78. The van der Waals surface area contributed by atoms with Crippen LogP contribution in [0.4, 0.5) is 5.69 Å². The van der Waals surface area contributed by atoms with Gasteiger partial charge in [-0.15, -0.1) is 0 Å². The summed E-state index contributed by atoms with van der Waals surface area (Å²) in [7, 11) is 0. The molecule has 6 nitrogen and oxygen atoms in total. The Morgan fingerprint density at radius 2 is 1.76 bits per heavy atom. The lowest BCUT2D eigenvalue weighted by Crippen LogP contribution is -2.39. The Labute approximate surface area is 148 Å².